The lowest BCUT2D eigenvalue weighted by atomic mass is 9.99. The van der Waals surface area contributed by atoms with Crippen LogP contribution in [0.4, 0.5) is 13.2 Å². The Bertz CT molecular complexity index is 390. The summed E-state index contributed by atoms with van der Waals surface area (Å²) >= 11 is 1.70. The number of aliphatic hydroxyl groups excluding tert-OH is 1. The van der Waals surface area contributed by atoms with Gasteiger partial charge in [-0.3, -0.25) is 0 Å². The predicted octanol–water partition coefficient (Wildman–Crippen LogP) is 4.19. The molecule has 0 saturated heterocycles. The van der Waals surface area contributed by atoms with Gasteiger partial charge in [0.25, 0.3) is 0 Å². The summed E-state index contributed by atoms with van der Waals surface area (Å²) in [6, 6.07) is 3.49. The monoisotopic (exact) mass is 278 g/mol. The zero-order chi connectivity index (χ0) is 13.8. The fourth-order valence-electron chi connectivity index (χ4n) is 1.72. The van der Waals surface area contributed by atoms with E-state index in [4.69, 9.17) is 0 Å². The van der Waals surface area contributed by atoms with Crippen LogP contribution in [0.15, 0.2) is 18.2 Å². The molecule has 1 nitrogen and oxygen atoms in total. The Labute approximate surface area is 109 Å². The SMILES string of the molecule is CCSCCC(O)c1ccc(C(F)(F)F)cc1C. The van der Waals surface area contributed by atoms with Crippen molar-refractivity contribution in [2.24, 2.45) is 0 Å². The largest absolute Gasteiger partial charge is 0.416 e. The third kappa shape index (κ3) is 4.21. The van der Waals surface area contributed by atoms with Gasteiger partial charge in [0.1, 0.15) is 0 Å². The van der Waals surface area contributed by atoms with Gasteiger partial charge < -0.3 is 5.11 Å². The lowest BCUT2D eigenvalue weighted by molar-refractivity contribution is -0.137. The highest BCUT2D eigenvalue weighted by molar-refractivity contribution is 7.99. The zero-order valence-electron chi connectivity index (χ0n) is 10.4. The van der Waals surface area contributed by atoms with Gasteiger partial charge in [-0.15, -0.1) is 0 Å². The number of hydrogen-bond donors (Lipinski definition) is 1. The van der Waals surface area contributed by atoms with Gasteiger partial charge in [0.2, 0.25) is 0 Å². The second-order valence-corrected chi connectivity index (χ2v) is 5.46. The van der Waals surface area contributed by atoms with Gasteiger partial charge in [-0.2, -0.15) is 24.9 Å². The molecular weight excluding hydrogens is 261 g/mol. The molecule has 0 aliphatic carbocycles. The Morgan fingerprint density at radius 1 is 1.33 bits per heavy atom. The van der Waals surface area contributed by atoms with E-state index >= 15 is 0 Å². The normalized spacial score (nSPS) is 13.7. The van der Waals surface area contributed by atoms with Crippen molar-refractivity contribution in [1.29, 1.82) is 0 Å². The Kier molecular flexibility index (Phi) is 5.53. The van der Waals surface area contributed by atoms with Crippen molar-refractivity contribution in [2.75, 3.05) is 11.5 Å². The summed E-state index contributed by atoms with van der Waals surface area (Å²) in [5.41, 5.74) is 0.400. The number of benzene rings is 1. The smallest absolute Gasteiger partial charge is 0.388 e. The molecule has 1 atom stereocenters. The molecule has 0 aliphatic heterocycles. The standard InChI is InChI=1S/C13H17F3OS/c1-3-18-7-6-12(17)11-5-4-10(8-9(11)2)13(14,15)16/h4-5,8,12,17H,3,6-7H2,1-2H3. The Hall–Kier alpha value is -0.680. The summed E-state index contributed by atoms with van der Waals surface area (Å²) in [6.07, 6.45) is -4.46. The molecule has 1 N–H and O–H groups in total. The molecule has 0 aromatic heterocycles. The van der Waals surface area contributed by atoms with E-state index in [1.54, 1.807) is 18.7 Å². The van der Waals surface area contributed by atoms with Crippen molar-refractivity contribution in [3.8, 4) is 0 Å². The first-order valence-corrected chi connectivity index (χ1v) is 6.95. The van der Waals surface area contributed by atoms with Gasteiger partial charge in [0.05, 0.1) is 11.7 Å². The van der Waals surface area contributed by atoms with E-state index in [1.807, 2.05) is 6.92 Å². The topological polar surface area (TPSA) is 20.2 Å². The Morgan fingerprint density at radius 3 is 2.50 bits per heavy atom. The summed E-state index contributed by atoms with van der Waals surface area (Å²) in [5, 5.41) is 9.93. The van der Waals surface area contributed by atoms with E-state index in [0.29, 0.717) is 17.5 Å². The average molecular weight is 278 g/mol. The molecular formula is C13H17F3OS. The first-order valence-electron chi connectivity index (χ1n) is 5.79. The fourth-order valence-corrected chi connectivity index (χ4v) is 2.40. The second kappa shape index (κ2) is 6.48. The molecule has 1 unspecified atom stereocenters. The molecule has 1 aromatic carbocycles. The van der Waals surface area contributed by atoms with Crippen molar-refractivity contribution in [3.05, 3.63) is 34.9 Å². The number of aliphatic hydroxyl groups is 1. The zero-order valence-corrected chi connectivity index (χ0v) is 11.2. The molecule has 102 valence electrons. The molecule has 0 bridgehead atoms. The van der Waals surface area contributed by atoms with E-state index in [0.717, 1.165) is 23.6 Å². The molecule has 0 aliphatic rings. The lowest BCUT2D eigenvalue weighted by Crippen LogP contribution is -2.08. The van der Waals surface area contributed by atoms with Gasteiger partial charge in [-0.25, -0.2) is 0 Å². The molecule has 5 heteroatoms. The molecule has 18 heavy (non-hydrogen) atoms. The van der Waals surface area contributed by atoms with Crippen LogP contribution in [0.5, 0.6) is 0 Å². The highest BCUT2D eigenvalue weighted by atomic mass is 32.2. The minimum atomic E-state index is -4.33. The van der Waals surface area contributed by atoms with Crippen molar-refractivity contribution in [3.63, 3.8) is 0 Å². The fraction of sp³-hybridized carbons (Fsp3) is 0.538. The van der Waals surface area contributed by atoms with Crippen LogP contribution in [0.25, 0.3) is 0 Å². The quantitative estimate of drug-likeness (QED) is 0.815. The summed E-state index contributed by atoms with van der Waals surface area (Å²) in [4.78, 5) is 0. The molecule has 0 amide bonds. The van der Waals surface area contributed by atoms with Crippen LogP contribution in [-0.2, 0) is 6.18 Å². The van der Waals surface area contributed by atoms with Crippen LogP contribution in [0.2, 0.25) is 0 Å². The van der Waals surface area contributed by atoms with Crippen molar-refractivity contribution < 1.29 is 18.3 Å². The maximum atomic E-state index is 12.5. The first kappa shape index (κ1) is 15.4. The van der Waals surface area contributed by atoms with Crippen molar-refractivity contribution >= 4 is 11.8 Å². The summed E-state index contributed by atoms with van der Waals surface area (Å²) < 4.78 is 37.4. The van der Waals surface area contributed by atoms with Crippen LogP contribution < -0.4 is 0 Å². The maximum absolute atomic E-state index is 12.5. The summed E-state index contributed by atoms with van der Waals surface area (Å²) in [7, 11) is 0. The number of thioether (sulfide) groups is 1. The molecule has 1 aromatic rings. The van der Waals surface area contributed by atoms with Crippen molar-refractivity contribution in [2.45, 2.75) is 32.5 Å². The molecule has 0 radical (unpaired) electrons. The van der Waals surface area contributed by atoms with Gasteiger partial charge in [-0.05, 0) is 48.1 Å². The van der Waals surface area contributed by atoms with Crippen molar-refractivity contribution in [1.82, 2.24) is 0 Å². The maximum Gasteiger partial charge on any atom is 0.416 e. The third-order valence-electron chi connectivity index (χ3n) is 2.70. The number of aryl methyl sites for hydroxylation is 1. The van der Waals surface area contributed by atoms with E-state index in [9.17, 15) is 18.3 Å². The van der Waals surface area contributed by atoms with Gasteiger partial charge in [-0.1, -0.05) is 13.0 Å². The van der Waals surface area contributed by atoms with Crippen LogP contribution >= 0.6 is 11.8 Å². The van der Waals surface area contributed by atoms with Crippen LogP contribution in [0.1, 0.15) is 36.1 Å². The molecule has 0 spiro atoms. The molecule has 0 saturated carbocycles. The minimum Gasteiger partial charge on any atom is -0.388 e. The predicted molar refractivity (Wildman–Crippen MR) is 68.8 cm³/mol. The van der Waals surface area contributed by atoms with Gasteiger partial charge >= 0.3 is 6.18 Å². The highest BCUT2D eigenvalue weighted by Gasteiger charge is 2.30. The van der Waals surface area contributed by atoms with Crippen LogP contribution in [-0.4, -0.2) is 16.6 Å². The molecule has 0 heterocycles. The highest BCUT2D eigenvalue weighted by Crippen LogP contribution is 2.32. The molecule has 0 fully saturated rings. The van der Waals surface area contributed by atoms with E-state index in [-0.39, 0.29) is 0 Å². The van der Waals surface area contributed by atoms with Crippen LogP contribution in [0.3, 0.4) is 0 Å². The Balaban J connectivity index is 2.79. The number of alkyl halides is 3. The number of rotatable bonds is 5. The van der Waals surface area contributed by atoms with E-state index in [2.05, 4.69) is 0 Å². The van der Waals surface area contributed by atoms with Crippen LogP contribution in [0, 0.1) is 6.92 Å². The minimum absolute atomic E-state index is 0.485. The Morgan fingerprint density at radius 2 is 2.00 bits per heavy atom. The second-order valence-electron chi connectivity index (χ2n) is 4.07. The number of halogens is 3. The lowest BCUT2D eigenvalue weighted by Gasteiger charge is -2.15. The summed E-state index contributed by atoms with van der Waals surface area (Å²) in [6.45, 7) is 3.63. The first-order chi connectivity index (χ1) is 8.36. The van der Waals surface area contributed by atoms with Gasteiger partial charge in [0, 0.05) is 0 Å². The van der Waals surface area contributed by atoms with E-state index in [1.165, 1.54) is 6.07 Å². The van der Waals surface area contributed by atoms with E-state index < -0.39 is 17.8 Å². The molecule has 1 rings (SSSR count). The third-order valence-corrected chi connectivity index (χ3v) is 3.63. The van der Waals surface area contributed by atoms with Gasteiger partial charge in [0.15, 0.2) is 0 Å². The summed E-state index contributed by atoms with van der Waals surface area (Å²) in [5.74, 6) is 1.77. The number of hydrogen-bond acceptors (Lipinski definition) is 2. The average Bonchev–Trinajstić information content (AvgIpc) is 2.27.